The van der Waals surface area contributed by atoms with Gasteiger partial charge in [0.15, 0.2) is 5.78 Å². The van der Waals surface area contributed by atoms with Crippen LogP contribution >= 0.6 is 0 Å². The van der Waals surface area contributed by atoms with Crippen LogP contribution in [0.3, 0.4) is 0 Å². The maximum absolute atomic E-state index is 12.3. The van der Waals surface area contributed by atoms with Crippen molar-refractivity contribution in [1.29, 1.82) is 0 Å². The minimum absolute atomic E-state index is 0.0466. The van der Waals surface area contributed by atoms with Crippen LogP contribution in [0, 0.1) is 6.92 Å². The summed E-state index contributed by atoms with van der Waals surface area (Å²) in [5.41, 5.74) is 1.71. The van der Waals surface area contributed by atoms with Gasteiger partial charge in [-0.2, -0.15) is 0 Å². The lowest BCUT2D eigenvalue weighted by Crippen LogP contribution is -2.02. The summed E-state index contributed by atoms with van der Waals surface area (Å²) in [4.78, 5) is 16.3. The second-order valence-electron chi connectivity index (χ2n) is 4.19. The van der Waals surface area contributed by atoms with E-state index in [1.807, 2.05) is 0 Å². The lowest BCUT2D eigenvalue weighted by Gasteiger charge is -2.03. The van der Waals surface area contributed by atoms with Crippen molar-refractivity contribution < 1.29 is 14.4 Å². The van der Waals surface area contributed by atoms with Gasteiger partial charge in [0, 0.05) is 11.8 Å². The van der Waals surface area contributed by atoms with Gasteiger partial charge in [-0.05, 0) is 25.1 Å². The molecule has 2 aromatic heterocycles. The molecule has 0 saturated heterocycles. The van der Waals surface area contributed by atoms with E-state index in [0.29, 0.717) is 22.4 Å². The number of aromatic hydroxyl groups is 1. The van der Waals surface area contributed by atoms with Crippen molar-refractivity contribution in [1.82, 2.24) is 10.1 Å². The van der Waals surface area contributed by atoms with Crippen molar-refractivity contribution in [3.63, 3.8) is 0 Å². The largest absolute Gasteiger partial charge is 0.507 e. The highest BCUT2D eigenvalue weighted by Gasteiger charge is 2.15. The molecule has 0 bridgehead atoms. The summed E-state index contributed by atoms with van der Waals surface area (Å²) in [5.74, 6) is -0.331. The first-order valence-corrected chi connectivity index (χ1v) is 5.71. The van der Waals surface area contributed by atoms with E-state index in [1.54, 1.807) is 31.2 Å². The van der Waals surface area contributed by atoms with E-state index in [-0.39, 0.29) is 17.1 Å². The molecule has 2 heterocycles. The molecular weight excluding hydrogens is 244 g/mol. The van der Waals surface area contributed by atoms with Crippen molar-refractivity contribution in [2.75, 3.05) is 0 Å². The van der Waals surface area contributed by atoms with Crippen LogP contribution < -0.4 is 0 Å². The second kappa shape index (κ2) is 4.20. The number of phenols is 1. The summed E-state index contributed by atoms with van der Waals surface area (Å²) in [5, 5.41) is 14.2. The molecule has 19 heavy (non-hydrogen) atoms. The minimum Gasteiger partial charge on any atom is -0.507 e. The fourth-order valence-corrected chi connectivity index (χ4v) is 1.89. The van der Waals surface area contributed by atoms with Gasteiger partial charge < -0.3 is 9.63 Å². The van der Waals surface area contributed by atoms with Crippen LogP contribution in [-0.2, 0) is 0 Å². The highest BCUT2D eigenvalue weighted by atomic mass is 16.5. The topological polar surface area (TPSA) is 76.2 Å². The van der Waals surface area contributed by atoms with Crippen molar-refractivity contribution in [2.24, 2.45) is 0 Å². The monoisotopic (exact) mass is 254 g/mol. The Labute approximate surface area is 108 Å². The first-order chi connectivity index (χ1) is 9.16. The molecule has 1 N–H and O–H groups in total. The number of rotatable bonds is 2. The molecule has 0 aliphatic carbocycles. The number of carbonyl (C=O) groups is 1. The standard InChI is InChI=1S/C14H10N2O3/c1-8-11-6-9(7-15-14(11)19-16-8)13(18)10-4-2-3-5-12(10)17/h2-7,17H,1H3. The number of benzene rings is 1. The van der Waals surface area contributed by atoms with Gasteiger partial charge in [-0.3, -0.25) is 4.79 Å². The molecule has 3 aromatic rings. The summed E-state index contributed by atoms with van der Waals surface area (Å²) < 4.78 is 4.99. The van der Waals surface area contributed by atoms with Crippen LogP contribution in [0.25, 0.3) is 11.1 Å². The van der Waals surface area contributed by atoms with Crippen molar-refractivity contribution >= 4 is 16.9 Å². The Morgan fingerprint density at radius 3 is 2.89 bits per heavy atom. The maximum atomic E-state index is 12.3. The summed E-state index contributed by atoms with van der Waals surface area (Å²) in [6.45, 7) is 1.78. The van der Waals surface area contributed by atoms with Crippen LogP contribution in [0.5, 0.6) is 5.75 Å². The van der Waals surface area contributed by atoms with Crippen LogP contribution in [0.2, 0.25) is 0 Å². The van der Waals surface area contributed by atoms with Crippen LogP contribution in [0.15, 0.2) is 41.1 Å². The number of hydrogen-bond donors (Lipinski definition) is 1. The number of pyridine rings is 1. The Morgan fingerprint density at radius 1 is 1.32 bits per heavy atom. The zero-order chi connectivity index (χ0) is 13.4. The number of para-hydroxylation sites is 1. The van der Waals surface area contributed by atoms with Gasteiger partial charge >= 0.3 is 0 Å². The summed E-state index contributed by atoms with van der Waals surface area (Å²) in [6, 6.07) is 8.08. The van der Waals surface area contributed by atoms with Crippen LogP contribution in [0.4, 0.5) is 0 Å². The number of nitrogens with zero attached hydrogens (tertiary/aromatic N) is 2. The van der Waals surface area contributed by atoms with E-state index in [4.69, 9.17) is 4.52 Å². The lowest BCUT2D eigenvalue weighted by molar-refractivity contribution is 0.103. The predicted octanol–water partition coefficient (Wildman–Crippen LogP) is 2.47. The number of aromatic nitrogens is 2. The fourth-order valence-electron chi connectivity index (χ4n) is 1.89. The average molecular weight is 254 g/mol. The molecule has 0 atom stereocenters. The number of ketones is 1. The van der Waals surface area contributed by atoms with Gasteiger partial charge in [0.1, 0.15) is 5.75 Å². The Morgan fingerprint density at radius 2 is 2.11 bits per heavy atom. The van der Waals surface area contributed by atoms with Gasteiger partial charge in [0.2, 0.25) is 0 Å². The van der Waals surface area contributed by atoms with E-state index in [2.05, 4.69) is 10.1 Å². The molecule has 5 nitrogen and oxygen atoms in total. The van der Waals surface area contributed by atoms with E-state index >= 15 is 0 Å². The van der Waals surface area contributed by atoms with Gasteiger partial charge in [0.25, 0.3) is 5.71 Å². The summed E-state index contributed by atoms with van der Waals surface area (Å²) in [6.07, 6.45) is 1.42. The van der Waals surface area contributed by atoms with Crippen molar-refractivity contribution in [2.45, 2.75) is 6.92 Å². The molecule has 0 aliphatic heterocycles. The molecular formula is C14H10N2O3. The Hall–Kier alpha value is -2.69. The number of phenolic OH excluding ortho intramolecular Hbond substituents is 1. The lowest BCUT2D eigenvalue weighted by atomic mass is 10.0. The number of carbonyl (C=O) groups excluding carboxylic acids is 1. The molecule has 0 unspecified atom stereocenters. The number of fused-ring (bicyclic) bond motifs is 1. The summed E-state index contributed by atoms with van der Waals surface area (Å²) in [7, 11) is 0. The highest BCUT2D eigenvalue weighted by molar-refractivity contribution is 6.11. The number of hydrogen-bond acceptors (Lipinski definition) is 5. The third-order valence-corrected chi connectivity index (χ3v) is 2.92. The quantitative estimate of drug-likeness (QED) is 0.711. The van der Waals surface area contributed by atoms with Crippen molar-refractivity contribution in [3.05, 3.63) is 53.3 Å². The average Bonchev–Trinajstić information content (AvgIpc) is 2.80. The molecule has 0 saturated carbocycles. The Balaban J connectivity index is 2.11. The fraction of sp³-hybridized carbons (Fsp3) is 0.0714. The second-order valence-corrected chi connectivity index (χ2v) is 4.19. The smallest absolute Gasteiger partial charge is 0.257 e. The molecule has 0 aliphatic rings. The van der Waals surface area contributed by atoms with Gasteiger partial charge in [-0.25, -0.2) is 4.98 Å². The molecule has 0 spiro atoms. The van der Waals surface area contributed by atoms with Gasteiger partial charge in [-0.15, -0.1) is 0 Å². The van der Waals surface area contributed by atoms with E-state index in [1.165, 1.54) is 12.3 Å². The molecule has 5 heteroatoms. The molecule has 0 amide bonds. The van der Waals surface area contributed by atoms with Crippen LogP contribution in [-0.4, -0.2) is 21.0 Å². The first kappa shape index (κ1) is 11.4. The maximum Gasteiger partial charge on any atom is 0.257 e. The molecule has 94 valence electrons. The van der Waals surface area contributed by atoms with Gasteiger partial charge in [0.05, 0.1) is 16.6 Å². The number of aryl methyl sites for hydroxylation is 1. The van der Waals surface area contributed by atoms with Crippen molar-refractivity contribution in [3.8, 4) is 5.75 Å². The van der Waals surface area contributed by atoms with E-state index < -0.39 is 0 Å². The molecule has 0 fully saturated rings. The zero-order valence-electron chi connectivity index (χ0n) is 10.1. The Kier molecular flexibility index (Phi) is 2.52. The van der Waals surface area contributed by atoms with E-state index in [0.717, 1.165) is 0 Å². The molecule has 0 radical (unpaired) electrons. The molecule has 1 aromatic carbocycles. The predicted molar refractivity (Wildman–Crippen MR) is 68.1 cm³/mol. The SMILES string of the molecule is Cc1noc2ncc(C(=O)c3ccccc3O)cc12. The van der Waals surface area contributed by atoms with Gasteiger partial charge in [-0.1, -0.05) is 17.3 Å². The third-order valence-electron chi connectivity index (χ3n) is 2.92. The third kappa shape index (κ3) is 1.85. The Bertz CT molecular complexity index is 777. The highest BCUT2D eigenvalue weighted by Crippen LogP contribution is 2.22. The van der Waals surface area contributed by atoms with E-state index in [9.17, 15) is 9.90 Å². The first-order valence-electron chi connectivity index (χ1n) is 5.71. The van der Waals surface area contributed by atoms with Crippen LogP contribution in [0.1, 0.15) is 21.6 Å². The molecule has 3 rings (SSSR count). The minimum atomic E-state index is -0.284. The summed E-state index contributed by atoms with van der Waals surface area (Å²) >= 11 is 0. The zero-order valence-corrected chi connectivity index (χ0v) is 10.1. The normalized spacial score (nSPS) is 10.8.